The van der Waals surface area contributed by atoms with Gasteiger partial charge in [0.05, 0.1) is 17.0 Å². The van der Waals surface area contributed by atoms with Crippen molar-refractivity contribution < 1.29 is 27.4 Å². The normalized spacial score (nSPS) is 15.0. The van der Waals surface area contributed by atoms with Gasteiger partial charge in [-0.3, -0.25) is 19.2 Å². The lowest BCUT2D eigenvalue weighted by Crippen LogP contribution is -2.48. The van der Waals surface area contributed by atoms with Crippen LogP contribution in [-0.2, 0) is 18.5 Å². The van der Waals surface area contributed by atoms with Gasteiger partial charge in [0.15, 0.2) is 22.5 Å². The Bertz CT molecular complexity index is 1860. The first-order chi connectivity index (χ1) is 22.3. The van der Waals surface area contributed by atoms with E-state index in [4.69, 9.17) is 9.47 Å². The lowest BCUT2D eigenvalue weighted by atomic mass is 10.1. The van der Waals surface area contributed by atoms with Crippen molar-refractivity contribution in [2.75, 3.05) is 33.0 Å². The minimum absolute atomic E-state index is 0.123. The number of aromatic nitrogens is 5. The largest absolute Gasteiger partial charge is 0.454 e. The van der Waals surface area contributed by atoms with E-state index in [1.807, 2.05) is 23.1 Å². The molecular formula is C31H26F3N7O3S2. The Morgan fingerprint density at radius 3 is 2.57 bits per heavy atom. The maximum Gasteiger partial charge on any atom is 0.416 e. The van der Waals surface area contributed by atoms with Crippen LogP contribution in [0.25, 0.3) is 17.1 Å². The summed E-state index contributed by atoms with van der Waals surface area (Å²) in [6.45, 7) is 3.64. The molecule has 46 heavy (non-hydrogen) atoms. The molecule has 0 atom stereocenters. The van der Waals surface area contributed by atoms with E-state index < -0.39 is 11.7 Å². The lowest BCUT2D eigenvalue weighted by molar-refractivity contribution is -0.137. The summed E-state index contributed by atoms with van der Waals surface area (Å²) in [6, 6.07) is 14.4. The highest BCUT2D eigenvalue weighted by molar-refractivity contribution is 7.98. The second-order valence-electron chi connectivity index (χ2n) is 10.6. The number of hydrogen-bond acceptors (Lipinski definition) is 10. The summed E-state index contributed by atoms with van der Waals surface area (Å²) in [5.41, 5.74) is 1.67. The van der Waals surface area contributed by atoms with Crippen molar-refractivity contribution in [2.24, 2.45) is 0 Å². The van der Waals surface area contributed by atoms with Crippen molar-refractivity contribution in [1.29, 1.82) is 0 Å². The number of carbonyl (C=O) groups excluding carboxylic acids is 1. The van der Waals surface area contributed by atoms with Crippen LogP contribution in [-0.4, -0.2) is 73.4 Å². The van der Waals surface area contributed by atoms with Crippen LogP contribution in [0.2, 0.25) is 0 Å². The highest BCUT2D eigenvalue weighted by atomic mass is 32.2. The van der Waals surface area contributed by atoms with Gasteiger partial charge in [-0.25, -0.2) is 4.98 Å². The number of benzene rings is 2. The molecule has 2 aliphatic rings. The van der Waals surface area contributed by atoms with E-state index in [9.17, 15) is 18.0 Å². The van der Waals surface area contributed by atoms with Gasteiger partial charge in [0.25, 0.3) is 5.91 Å². The molecule has 1 fully saturated rings. The molecule has 0 spiro atoms. The summed E-state index contributed by atoms with van der Waals surface area (Å²) < 4.78 is 53.1. The maximum absolute atomic E-state index is 13.6. The summed E-state index contributed by atoms with van der Waals surface area (Å²) in [6.07, 6.45) is -1.33. The van der Waals surface area contributed by atoms with Crippen molar-refractivity contribution >= 4 is 29.0 Å². The third kappa shape index (κ3) is 6.43. The van der Waals surface area contributed by atoms with Crippen molar-refractivity contribution in [3.63, 3.8) is 0 Å². The second kappa shape index (κ2) is 12.7. The molecular weight excluding hydrogens is 640 g/mol. The van der Waals surface area contributed by atoms with Crippen molar-refractivity contribution in [3.05, 3.63) is 94.2 Å². The van der Waals surface area contributed by atoms with Gasteiger partial charge in [-0.2, -0.15) is 13.2 Å². The molecule has 5 heterocycles. The number of ether oxygens (including phenoxy) is 2. The molecule has 0 radical (unpaired) electrons. The standard InChI is InChI=1S/C31H26F3N7O3S2/c32-31(33,34)22-2-1-3-23(15-22)41-28(21-6-8-35-9-7-21)37-38-30(41)46-18-27-36-24(17-45-27)29(42)40-12-10-39(11-13-40)16-20-4-5-25-26(14-20)44-19-43-25/h1-9,14-15,17H,10-13,16,18-19H2. The van der Waals surface area contributed by atoms with Crippen LogP contribution in [0, 0.1) is 0 Å². The van der Waals surface area contributed by atoms with Crippen molar-refractivity contribution in [2.45, 2.75) is 23.6 Å². The fourth-order valence-electron chi connectivity index (χ4n) is 5.28. The number of pyridine rings is 1. The summed E-state index contributed by atoms with van der Waals surface area (Å²) >= 11 is 2.64. The van der Waals surface area contributed by atoms with Crippen LogP contribution in [0.4, 0.5) is 13.2 Å². The molecule has 0 bridgehead atoms. The van der Waals surface area contributed by atoms with E-state index in [1.165, 1.54) is 29.2 Å². The number of fused-ring (bicyclic) bond motifs is 1. The second-order valence-corrected chi connectivity index (χ2v) is 12.5. The van der Waals surface area contributed by atoms with E-state index in [0.717, 1.165) is 48.8 Å². The molecule has 15 heteroatoms. The van der Waals surface area contributed by atoms with E-state index in [1.54, 1.807) is 40.5 Å². The minimum atomic E-state index is -4.50. The Balaban J connectivity index is 1.01. The molecule has 0 saturated carbocycles. The van der Waals surface area contributed by atoms with Crippen LogP contribution in [0.5, 0.6) is 11.5 Å². The summed E-state index contributed by atoms with van der Waals surface area (Å²) in [5, 5.41) is 11.4. The first-order valence-electron chi connectivity index (χ1n) is 14.3. The van der Waals surface area contributed by atoms with E-state index in [-0.39, 0.29) is 18.4 Å². The summed E-state index contributed by atoms with van der Waals surface area (Å²) in [5.74, 6) is 2.13. The van der Waals surface area contributed by atoms with Gasteiger partial charge in [0.1, 0.15) is 10.7 Å². The van der Waals surface area contributed by atoms with Crippen LogP contribution in [0.1, 0.15) is 26.6 Å². The first kappa shape index (κ1) is 30.2. The Kier molecular flexibility index (Phi) is 8.36. The van der Waals surface area contributed by atoms with Crippen LogP contribution < -0.4 is 9.47 Å². The molecule has 0 N–H and O–H groups in total. The van der Waals surface area contributed by atoms with Gasteiger partial charge in [-0.15, -0.1) is 21.5 Å². The molecule has 3 aromatic heterocycles. The smallest absolute Gasteiger partial charge is 0.416 e. The molecule has 1 saturated heterocycles. The van der Waals surface area contributed by atoms with Gasteiger partial charge in [-0.05, 0) is 48.0 Å². The van der Waals surface area contributed by atoms with Gasteiger partial charge in [0, 0.05) is 56.1 Å². The fraction of sp³-hybridized carbons (Fsp3) is 0.258. The number of thiazole rings is 1. The predicted octanol–water partition coefficient (Wildman–Crippen LogP) is 5.78. The summed E-state index contributed by atoms with van der Waals surface area (Å²) in [7, 11) is 0. The zero-order chi connectivity index (χ0) is 31.7. The third-order valence-electron chi connectivity index (χ3n) is 7.60. The van der Waals surface area contributed by atoms with Gasteiger partial charge < -0.3 is 14.4 Å². The Morgan fingerprint density at radius 2 is 1.76 bits per heavy atom. The highest BCUT2D eigenvalue weighted by Crippen LogP contribution is 2.35. The van der Waals surface area contributed by atoms with E-state index in [2.05, 4.69) is 25.1 Å². The van der Waals surface area contributed by atoms with Crippen LogP contribution in [0.15, 0.2) is 77.5 Å². The number of halogens is 3. The maximum atomic E-state index is 13.6. The molecule has 236 valence electrons. The monoisotopic (exact) mass is 665 g/mol. The average molecular weight is 666 g/mol. The average Bonchev–Trinajstić information content (AvgIpc) is 3.84. The molecule has 7 rings (SSSR count). The molecule has 2 aliphatic heterocycles. The molecule has 10 nitrogen and oxygen atoms in total. The zero-order valence-electron chi connectivity index (χ0n) is 24.2. The molecule has 2 aromatic carbocycles. The van der Waals surface area contributed by atoms with Crippen molar-refractivity contribution in [1.82, 2.24) is 34.5 Å². The molecule has 1 amide bonds. The number of amides is 1. The minimum Gasteiger partial charge on any atom is -0.454 e. The topological polar surface area (TPSA) is 98.5 Å². The first-order valence-corrected chi connectivity index (χ1v) is 16.2. The number of hydrogen-bond donors (Lipinski definition) is 0. The zero-order valence-corrected chi connectivity index (χ0v) is 25.8. The van der Waals surface area contributed by atoms with E-state index in [0.29, 0.717) is 46.1 Å². The Labute approximate surface area is 269 Å². The SMILES string of the molecule is O=C(c1csc(CSc2nnc(-c3ccncc3)n2-c2cccc(C(F)(F)F)c2)n1)N1CCN(Cc2ccc3c(c2)OCO3)CC1. The van der Waals surface area contributed by atoms with Crippen LogP contribution in [0.3, 0.4) is 0 Å². The highest BCUT2D eigenvalue weighted by Gasteiger charge is 2.31. The van der Waals surface area contributed by atoms with E-state index >= 15 is 0 Å². The van der Waals surface area contributed by atoms with Crippen molar-refractivity contribution in [3.8, 4) is 28.6 Å². The summed E-state index contributed by atoms with van der Waals surface area (Å²) in [4.78, 5) is 26.0. The number of carbonyl (C=O) groups is 1. The van der Waals surface area contributed by atoms with Crippen LogP contribution >= 0.6 is 23.1 Å². The number of alkyl halides is 3. The number of piperazine rings is 1. The Morgan fingerprint density at radius 1 is 0.957 bits per heavy atom. The Hall–Kier alpha value is -4.47. The quantitative estimate of drug-likeness (QED) is 0.191. The van der Waals surface area contributed by atoms with Gasteiger partial charge >= 0.3 is 6.18 Å². The third-order valence-corrected chi connectivity index (χ3v) is 9.57. The predicted molar refractivity (Wildman–Crippen MR) is 165 cm³/mol. The van der Waals surface area contributed by atoms with Gasteiger partial charge in [0.2, 0.25) is 6.79 Å². The molecule has 0 aliphatic carbocycles. The lowest BCUT2D eigenvalue weighted by Gasteiger charge is -2.34. The molecule has 5 aromatic rings. The number of thioether (sulfide) groups is 1. The van der Waals surface area contributed by atoms with Gasteiger partial charge in [-0.1, -0.05) is 23.9 Å². The number of nitrogens with zero attached hydrogens (tertiary/aromatic N) is 7. The fourth-order valence-corrected chi connectivity index (χ4v) is 7.01. The molecule has 0 unspecified atom stereocenters. The number of rotatable bonds is 8.